The summed E-state index contributed by atoms with van der Waals surface area (Å²) < 4.78 is 1.74. The highest BCUT2D eigenvalue weighted by Crippen LogP contribution is 2.29. The van der Waals surface area contributed by atoms with Crippen LogP contribution >= 0.6 is 35.0 Å². The van der Waals surface area contributed by atoms with Crippen LogP contribution < -0.4 is 5.32 Å². The van der Waals surface area contributed by atoms with E-state index in [9.17, 15) is 4.79 Å². The van der Waals surface area contributed by atoms with Crippen LogP contribution in [0.4, 0.5) is 5.69 Å². The molecule has 0 aliphatic carbocycles. The predicted molar refractivity (Wildman–Crippen MR) is 76.8 cm³/mol. The third kappa shape index (κ3) is 3.62. The number of hydrogen-bond acceptors (Lipinski definition) is 4. The third-order valence-corrected chi connectivity index (χ3v) is 4.08. The van der Waals surface area contributed by atoms with E-state index < -0.39 is 0 Å². The van der Waals surface area contributed by atoms with Crippen LogP contribution in [0, 0.1) is 0 Å². The van der Waals surface area contributed by atoms with Crippen molar-refractivity contribution in [1.29, 1.82) is 0 Å². The zero-order chi connectivity index (χ0) is 13.8. The minimum atomic E-state index is -0.183. The molecular weight excluding hydrogens is 307 g/mol. The molecule has 0 unspecified atom stereocenters. The molecule has 100 valence electrons. The fourth-order valence-electron chi connectivity index (χ4n) is 1.32. The van der Waals surface area contributed by atoms with E-state index in [1.54, 1.807) is 29.1 Å². The van der Waals surface area contributed by atoms with Gasteiger partial charge < -0.3 is 9.88 Å². The summed E-state index contributed by atoms with van der Waals surface area (Å²) in [5, 5.41) is 11.7. The van der Waals surface area contributed by atoms with Crippen molar-refractivity contribution < 1.29 is 4.79 Å². The highest BCUT2D eigenvalue weighted by atomic mass is 35.5. The van der Waals surface area contributed by atoms with E-state index in [0.29, 0.717) is 20.9 Å². The van der Waals surface area contributed by atoms with Crippen LogP contribution in [0.2, 0.25) is 10.0 Å². The highest BCUT2D eigenvalue weighted by Gasteiger charge is 2.10. The Morgan fingerprint density at radius 3 is 2.95 bits per heavy atom. The maximum Gasteiger partial charge on any atom is 0.234 e. The van der Waals surface area contributed by atoms with Gasteiger partial charge in [0.25, 0.3) is 0 Å². The van der Waals surface area contributed by atoms with Crippen molar-refractivity contribution in [2.45, 2.75) is 5.16 Å². The average Bonchev–Trinajstić information content (AvgIpc) is 2.78. The number of thioether (sulfide) groups is 1. The summed E-state index contributed by atoms with van der Waals surface area (Å²) in [6, 6.07) is 5.08. The van der Waals surface area contributed by atoms with E-state index >= 15 is 0 Å². The number of carbonyl (C=O) groups is 1. The van der Waals surface area contributed by atoms with Crippen LogP contribution in [0.1, 0.15) is 0 Å². The molecule has 0 saturated heterocycles. The molecule has 1 amide bonds. The van der Waals surface area contributed by atoms with Gasteiger partial charge in [0.1, 0.15) is 6.33 Å². The Balaban J connectivity index is 1.95. The molecule has 0 radical (unpaired) electrons. The molecule has 0 fully saturated rings. The molecular formula is C11H10Cl2N4OS. The molecule has 8 heteroatoms. The number of halogens is 2. The Kier molecular flexibility index (Phi) is 4.68. The SMILES string of the molecule is Cn1cnnc1SCC(=O)Nc1cccc(Cl)c1Cl. The molecule has 0 aliphatic heterocycles. The van der Waals surface area contributed by atoms with Gasteiger partial charge in [-0.25, -0.2) is 0 Å². The van der Waals surface area contributed by atoms with Crippen LogP contribution in [0.25, 0.3) is 0 Å². The Morgan fingerprint density at radius 1 is 1.47 bits per heavy atom. The van der Waals surface area contributed by atoms with Crippen LogP contribution in [-0.4, -0.2) is 26.4 Å². The van der Waals surface area contributed by atoms with Crippen molar-refractivity contribution in [2.75, 3.05) is 11.1 Å². The molecule has 2 rings (SSSR count). The number of nitrogens with zero attached hydrogens (tertiary/aromatic N) is 3. The summed E-state index contributed by atoms with van der Waals surface area (Å²) in [6.07, 6.45) is 1.58. The molecule has 0 atom stereocenters. The molecule has 1 N–H and O–H groups in total. The summed E-state index contributed by atoms with van der Waals surface area (Å²) >= 11 is 13.1. The minimum absolute atomic E-state index is 0.183. The lowest BCUT2D eigenvalue weighted by Crippen LogP contribution is -2.14. The van der Waals surface area contributed by atoms with Crippen molar-refractivity contribution in [3.8, 4) is 0 Å². The lowest BCUT2D eigenvalue weighted by atomic mass is 10.3. The van der Waals surface area contributed by atoms with Gasteiger partial charge >= 0.3 is 0 Å². The minimum Gasteiger partial charge on any atom is -0.324 e. The second-order valence-electron chi connectivity index (χ2n) is 3.66. The molecule has 5 nitrogen and oxygen atoms in total. The van der Waals surface area contributed by atoms with Crippen molar-refractivity contribution >= 4 is 46.6 Å². The molecule has 2 aromatic rings. The number of benzene rings is 1. The summed E-state index contributed by atoms with van der Waals surface area (Å²) in [4.78, 5) is 11.8. The lowest BCUT2D eigenvalue weighted by Gasteiger charge is -2.07. The predicted octanol–water partition coefficient (Wildman–Crippen LogP) is 2.85. The molecule has 0 spiro atoms. The van der Waals surface area contributed by atoms with Crippen LogP contribution in [0.5, 0.6) is 0 Å². The van der Waals surface area contributed by atoms with E-state index in [1.165, 1.54) is 11.8 Å². The molecule has 0 saturated carbocycles. The summed E-state index contributed by atoms with van der Waals surface area (Å²) in [7, 11) is 1.81. The lowest BCUT2D eigenvalue weighted by molar-refractivity contribution is -0.113. The Labute approximate surface area is 124 Å². The van der Waals surface area contributed by atoms with Crippen molar-refractivity contribution in [3.63, 3.8) is 0 Å². The number of anilines is 1. The maximum absolute atomic E-state index is 11.8. The quantitative estimate of drug-likeness (QED) is 0.881. The fraction of sp³-hybridized carbons (Fsp3) is 0.182. The maximum atomic E-state index is 11.8. The van der Waals surface area contributed by atoms with Gasteiger partial charge in [0.05, 0.1) is 21.5 Å². The molecule has 1 aromatic heterocycles. The zero-order valence-corrected chi connectivity index (χ0v) is 12.3. The normalized spacial score (nSPS) is 10.5. The number of nitrogens with one attached hydrogen (secondary N) is 1. The number of rotatable bonds is 4. The van der Waals surface area contributed by atoms with E-state index in [1.807, 2.05) is 7.05 Å². The third-order valence-electron chi connectivity index (χ3n) is 2.23. The number of amides is 1. The molecule has 0 aliphatic rings. The summed E-state index contributed by atoms with van der Waals surface area (Å²) in [5.74, 6) is 0.0345. The monoisotopic (exact) mass is 316 g/mol. The van der Waals surface area contributed by atoms with E-state index in [4.69, 9.17) is 23.2 Å². The van der Waals surface area contributed by atoms with Gasteiger partial charge in [-0.3, -0.25) is 4.79 Å². The number of carbonyl (C=O) groups excluding carboxylic acids is 1. The fourth-order valence-corrected chi connectivity index (χ4v) is 2.36. The first-order valence-electron chi connectivity index (χ1n) is 5.28. The first kappa shape index (κ1) is 14.2. The molecule has 1 aromatic carbocycles. The Bertz CT molecular complexity index is 602. The molecule has 0 bridgehead atoms. The van der Waals surface area contributed by atoms with Crippen LogP contribution in [-0.2, 0) is 11.8 Å². The standard InChI is InChI=1S/C11H10Cl2N4OS/c1-17-6-14-16-11(17)19-5-9(18)15-8-4-2-3-7(12)10(8)13/h2-4,6H,5H2,1H3,(H,15,18). The van der Waals surface area contributed by atoms with Gasteiger partial charge in [-0.15, -0.1) is 10.2 Å². The van der Waals surface area contributed by atoms with E-state index in [0.717, 1.165) is 0 Å². The van der Waals surface area contributed by atoms with Gasteiger partial charge in [0.15, 0.2) is 5.16 Å². The average molecular weight is 317 g/mol. The van der Waals surface area contributed by atoms with Gasteiger partial charge in [-0.2, -0.15) is 0 Å². The second kappa shape index (κ2) is 6.27. The smallest absolute Gasteiger partial charge is 0.234 e. The van der Waals surface area contributed by atoms with Crippen molar-refractivity contribution in [2.24, 2.45) is 7.05 Å². The van der Waals surface area contributed by atoms with Gasteiger partial charge in [-0.05, 0) is 12.1 Å². The van der Waals surface area contributed by atoms with E-state index in [2.05, 4.69) is 15.5 Å². The summed E-state index contributed by atoms with van der Waals surface area (Å²) in [5.41, 5.74) is 0.498. The number of aromatic nitrogens is 3. The van der Waals surface area contributed by atoms with Crippen LogP contribution in [0.3, 0.4) is 0 Å². The van der Waals surface area contributed by atoms with Gasteiger partial charge in [0, 0.05) is 7.05 Å². The largest absolute Gasteiger partial charge is 0.324 e. The highest BCUT2D eigenvalue weighted by molar-refractivity contribution is 7.99. The number of aryl methyl sites for hydroxylation is 1. The zero-order valence-electron chi connectivity index (χ0n) is 9.93. The first-order chi connectivity index (χ1) is 9.08. The van der Waals surface area contributed by atoms with E-state index in [-0.39, 0.29) is 11.7 Å². The Morgan fingerprint density at radius 2 is 2.26 bits per heavy atom. The van der Waals surface area contributed by atoms with Crippen molar-refractivity contribution in [3.05, 3.63) is 34.6 Å². The van der Waals surface area contributed by atoms with Gasteiger partial charge in [-0.1, -0.05) is 41.0 Å². The summed E-state index contributed by atoms with van der Waals surface area (Å²) in [6.45, 7) is 0. The topological polar surface area (TPSA) is 59.8 Å². The molecule has 1 heterocycles. The van der Waals surface area contributed by atoms with Crippen LogP contribution in [0.15, 0.2) is 29.7 Å². The van der Waals surface area contributed by atoms with Gasteiger partial charge in [0.2, 0.25) is 5.91 Å². The second-order valence-corrected chi connectivity index (χ2v) is 5.39. The van der Waals surface area contributed by atoms with Crippen molar-refractivity contribution in [1.82, 2.24) is 14.8 Å². The Hall–Kier alpha value is -1.24. The molecule has 19 heavy (non-hydrogen) atoms. The first-order valence-corrected chi connectivity index (χ1v) is 7.02. The number of hydrogen-bond donors (Lipinski definition) is 1.